The number of carbonyl (C=O) groups is 1. The van der Waals surface area contributed by atoms with Gasteiger partial charge in [-0.25, -0.2) is 4.98 Å². The molecule has 5 rings (SSSR count). The molecule has 1 unspecified atom stereocenters. The van der Waals surface area contributed by atoms with Gasteiger partial charge in [0.05, 0.1) is 25.1 Å². The van der Waals surface area contributed by atoms with Crippen molar-refractivity contribution >= 4 is 11.4 Å². The van der Waals surface area contributed by atoms with Crippen molar-refractivity contribution in [2.45, 2.75) is 50.9 Å². The zero-order valence-corrected chi connectivity index (χ0v) is 21.8. The molecule has 1 aliphatic carbocycles. The van der Waals surface area contributed by atoms with Crippen molar-refractivity contribution < 1.29 is 38.0 Å². The lowest BCUT2D eigenvalue weighted by molar-refractivity contribution is -0.0502. The Morgan fingerprint density at radius 3 is 2.59 bits per heavy atom. The Labute approximate surface area is 224 Å². The lowest BCUT2D eigenvalue weighted by atomic mass is 10.00. The topological polar surface area (TPSA) is 106 Å². The van der Waals surface area contributed by atoms with Crippen LogP contribution < -0.4 is 14.2 Å². The Hall–Kier alpha value is -3.28. The molecule has 1 saturated carbocycles. The highest BCUT2D eigenvalue weighted by atomic mass is 19.3. The summed E-state index contributed by atoms with van der Waals surface area (Å²) < 4.78 is 44.3. The fraction of sp³-hybridized carbons (Fsp3) is 0.500. The van der Waals surface area contributed by atoms with E-state index in [2.05, 4.69) is 9.88 Å². The number of Topliss-reactive ketones (excluding diaryl/α,β-unsaturated/α-hetero) is 1. The minimum absolute atomic E-state index is 0.0252. The number of hydrogen-bond donors (Lipinski definition) is 2. The number of imidazole rings is 1. The molecule has 3 heterocycles. The number of fused-ring (bicyclic) bond motifs is 1. The Morgan fingerprint density at radius 2 is 1.90 bits per heavy atom. The normalized spacial score (nSPS) is 17.5. The first-order valence-corrected chi connectivity index (χ1v) is 13.2. The van der Waals surface area contributed by atoms with Gasteiger partial charge in [0.25, 0.3) is 0 Å². The fourth-order valence-corrected chi connectivity index (χ4v) is 4.96. The van der Waals surface area contributed by atoms with E-state index in [1.807, 2.05) is 0 Å². The van der Waals surface area contributed by atoms with Gasteiger partial charge in [-0.05, 0) is 49.8 Å². The number of likely N-dealkylation sites (tertiary alicyclic amines) is 1. The maximum absolute atomic E-state index is 13.3. The number of aliphatic hydroxyl groups excluding tert-OH is 2. The molecule has 1 atom stereocenters. The predicted octanol–water partition coefficient (Wildman–Crippen LogP) is 3.79. The van der Waals surface area contributed by atoms with Crippen LogP contribution in [0.4, 0.5) is 8.78 Å². The molecule has 9 nitrogen and oxygen atoms in total. The van der Waals surface area contributed by atoms with Crippen LogP contribution in [0.5, 0.6) is 17.2 Å². The van der Waals surface area contributed by atoms with Crippen LogP contribution in [-0.4, -0.2) is 82.5 Å². The number of ether oxygens (including phenoxy) is 3. The number of methoxy groups -OCH3 is 1. The number of β-amino-alcohol motifs (C(OH)–C–C–N with tert-alkyl or cyclic N) is 1. The second-order valence-corrected chi connectivity index (χ2v) is 10.2. The van der Waals surface area contributed by atoms with Crippen molar-refractivity contribution in [2.24, 2.45) is 5.92 Å². The molecule has 210 valence electrons. The van der Waals surface area contributed by atoms with Gasteiger partial charge < -0.3 is 29.3 Å². The highest BCUT2D eigenvalue weighted by Crippen LogP contribution is 2.40. The molecule has 0 amide bonds. The monoisotopic (exact) mass is 545 g/mol. The summed E-state index contributed by atoms with van der Waals surface area (Å²) in [6, 6.07) is 6.49. The maximum atomic E-state index is 13.3. The number of halogens is 2. The molecule has 2 aliphatic rings. The van der Waals surface area contributed by atoms with Gasteiger partial charge in [-0.1, -0.05) is 0 Å². The highest BCUT2D eigenvalue weighted by Gasteiger charge is 2.30. The van der Waals surface area contributed by atoms with E-state index in [1.165, 1.54) is 13.2 Å². The molecular weight excluding hydrogens is 512 g/mol. The van der Waals surface area contributed by atoms with Crippen molar-refractivity contribution in [1.82, 2.24) is 14.3 Å². The number of hydrogen-bond acceptors (Lipinski definition) is 8. The average Bonchev–Trinajstić information content (AvgIpc) is 3.62. The second kappa shape index (κ2) is 11.8. The number of nitrogens with zero attached hydrogens (tertiary/aromatic N) is 3. The third-order valence-corrected chi connectivity index (χ3v) is 7.20. The van der Waals surface area contributed by atoms with Crippen LogP contribution in [0.3, 0.4) is 0 Å². The lowest BCUT2D eigenvalue weighted by Crippen LogP contribution is -2.41. The average molecular weight is 546 g/mol. The van der Waals surface area contributed by atoms with Gasteiger partial charge in [0.15, 0.2) is 5.78 Å². The molecule has 1 saturated heterocycles. The Morgan fingerprint density at radius 1 is 1.15 bits per heavy atom. The summed E-state index contributed by atoms with van der Waals surface area (Å²) in [5, 5.41) is 20.0. The van der Waals surface area contributed by atoms with E-state index in [-0.39, 0.29) is 47.9 Å². The number of aromatic nitrogens is 2. The quantitative estimate of drug-likeness (QED) is 0.331. The first-order chi connectivity index (χ1) is 18.8. The van der Waals surface area contributed by atoms with Crippen LogP contribution in [0, 0.1) is 5.92 Å². The maximum Gasteiger partial charge on any atom is 0.387 e. The zero-order valence-electron chi connectivity index (χ0n) is 21.8. The van der Waals surface area contributed by atoms with E-state index in [0.717, 1.165) is 25.9 Å². The number of ketones is 1. The van der Waals surface area contributed by atoms with Crippen molar-refractivity contribution in [3.8, 4) is 28.5 Å². The number of alkyl halides is 2. The van der Waals surface area contributed by atoms with Gasteiger partial charge in [-0.3, -0.25) is 9.20 Å². The van der Waals surface area contributed by atoms with Gasteiger partial charge in [-0.15, -0.1) is 0 Å². The third kappa shape index (κ3) is 6.66. The van der Waals surface area contributed by atoms with E-state index < -0.39 is 12.7 Å². The Balaban J connectivity index is 1.33. The van der Waals surface area contributed by atoms with E-state index in [1.54, 1.807) is 35.0 Å². The van der Waals surface area contributed by atoms with Crippen LogP contribution in [0.1, 0.15) is 42.5 Å². The zero-order chi connectivity index (χ0) is 27.5. The summed E-state index contributed by atoms with van der Waals surface area (Å²) in [5.74, 6) is 0.457. The first kappa shape index (κ1) is 27.3. The molecular formula is C28H33F2N3O6. The van der Waals surface area contributed by atoms with Crippen molar-refractivity contribution in [2.75, 3.05) is 33.4 Å². The molecule has 0 radical (unpaired) electrons. The van der Waals surface area contributed by atoms with E-state index >= 15 is 0 Å². The van der Waals surface area contributed by atoms with E-state index in [4.69, 9.17) is 14.2 Å². The van der Waals surface area contributed by atoms with Crippen LogP contribution in [0.25, 0.3) is 16.9 Å². The third-order valence-electron chi connectivity index (χ3n) is 7.20. The minimum Gasteiger partial charge on any atom is -0.496 e. The van der Waals surface area contributed by atoms with Gasteiger partial charge in [0.1, 0.15) is 41.2 Å². The summed E-state index contributed by atoms with van der Waals surface area (Å²) in [4.78, 5) is 19.4. The molecule has 0 bridgehead atoms. The van der Waals surface area contributed by atoms with Crippen LogP contribution in [0.15, 0.2) is 36.7 Å². The van der Waals surface area contributed by atoms with E-state index in [0.29, 0.717) is 42.0 Å². The van der Waals surface area contributed by atoms with Crippen LogP contribution in [0.2, 0.25) is 0 Å². The van der Waals surface area contributed by atoms with Gasteiger partial charge in [-0.2, -0.15) is 8.78 Å². The number of benzene rings is 1. The molecule has 0 spiro atoms. The summed E-state index contributed by atoms with van der Waals surface area (Å²) in [6.45, 7) is -1.05. The Kier molecular flexibility index (Phi) is 8.29. The first-order valence-electron chi connectivity index (χ1n) is 13.2. The fourth-order valence-electron chi connectivity index (χ4n) is 4.96. The van der Waals surface area contributed by atoms with Gasteiger partial charge >= 0.3 is 6.61 Å². The molecule has 1 aliphatic heterocycles. The smallest absolute Gasteiger partial charge is 0.387 e. The molecule has 2 N–H and O–H groups in total. The molecule has 39 heavy (non-hydrogen) atoms. The summed E-state index contributed by atoms with van der Waals surface area (Å²) in [6.07, 6.45) is 5.94. The minimum atomic E-state index is -3.10. The van der Waals surface area contributed by atoms with Gasteiger partial charge in [0.2, 0.25) is 0 Å². The van der Waals surface area contributed by atoms with Crippen LogP contribution >= 0.6 is 0 Å². The molecule has 3 aromatic rings. The summed E-state index contributed by atoms with van der Waals surface area (Å²) >= 11 is 0. The number of pyridine rings is 1. The largest absolute Gasteiger partial charge is 0.496 e. The van der Waals surface area contributed by atoms with Crippen molar-refractivity contribution in [3.63, 3.8) is 0 Å². The van der Waals surface area contributed by atoms with Crippen molar-refractivity contribution in [3.05, 3.63) is 42.2 Å². The molecule has 11 heteroatoms. The number of rotatable bonds is 12. The molecule has 2 fully saturated rings. The second-order valence-electron chi connectivity index (χ2n) is 10.2. The van der Waals surface area contributed by atoms with Crippen LogP contribution in [-0.2, 0) is 0 Å². The highest BCUT2D eigenvalue weighted by molar-refractivity contribution is 6.02. The molecule has 1 aromatic carbocycles. The van der Waals surface area contributed by atoms with Gasteiger partial charge in [0, 0.05) is 43.9 Å². The summed E-state index contributed by atoms with van der Waals surface area (Å²) in [7, 11) is 1.39. The number of aliphatic hydroxyl groups is 2. The Bertz CT molecular complexity index is 1300. The van der Waals surface area contributed by atoms with E-state index in [9.17, 15) is 23.8 Å². The van der Waals surface area contributed by atoms with Crippen molar-refractivity contribution in [1.29, 1.82) is 0 Å². The SMILES string of the molecule is COc1cc(-c2cnc3cc(OCC(O)CN4CCC(O)CC4)ccn23)cc(OC(F)F)c1C(=O)CC1CC1. The number of piperidine rings is 1. The molecule has 2 aromatic heterocycles. The predicted molar refractivity (Wildman–Crippen MR) is 139 cm³/mol. The number of carbonyl (C=O) groups excluding carboxylic acids is 1. The standard InChI is InChI=1S/C28H33F2N3O6/c1-37-24-11-18(12-25(39-28(29)30)27(24)23(36)10-17-2-3-17)22-14-31-26-13-21(6-9-33(22)26)38-16-20(35)15-32-7-4-19(34)5-8-32/h6,9,11-14,17,19-20,28,34-35H,2-5,7-8,10,15-16H2,1H3. The lowest BCUT2D eigenvalue weighted by Gasteiger charge is -2.30. The summed E-state index contributed by atoms with van der Waals surface area (Å²) in [5.41, 5.74) is 1.65.